The monoisotopic (exact) mass is 313 g/mol. The lowest BCUT2D eigenvalue weighted by molar-refractivity contribution is 0.165. The van der Waals surface area contributed by atoms with Gasteiger partial charge < -0.3 is 5.32 Å². The van der Waals surface area contributed by atoms with E-state index in [1.165, 1.54) is 25.7 Å². The van der Waals surface area contributed by atoms with Crippen LogP contribution in [-0.2, 0) is 0 Å². The molecule has 114 valence electrons. The SMILES string of the molecule is CCCNC1CCC(C(C)(C)C)CC1Sc1nncs1. The summed E-state index contributed by atoms with van der Waals surface area (Å²) in [6, 6.07) is 0.627. The normalized spacial score (nSPS) is 27.7. The summed E-state index contributed by atoms with van der Waals surface area (Å²) >= 11 is 3.60. The van der Waals surface area contributed by atoms with E-state index in [0.717, 1.165) is 16.8 Å². The fourth-order valence-corrected chi connectivity index (χ4v) is 5.03. The van der Waals surface area contributed by atoms with E-state index < -0.39 is 0 Å². The summed E-state index contributed by atoms with van der Waals surface area (Å²) in [6.45, 7) is 10.5. The number of hydrogen-bond acceptors (Lipinski definition) is 5. The summed E-state index contributed by atoms with van der Waals surface area (Å²) in [5.41, 5.74) is 2.25. The summed E-state index contributed by atoms with van der Waals surface area (Å²) in [6.07, 6.45) is 5.13. The average Bonchev–Trinajstić information content (AvgIpc) is 2.89. The average molecular weight is 314 g/mol. The summed E-state index contributed by atoms with van der Waals surface area (Å²) < 4.78 is 1.12. The van der Waals surface area contributed by atoms with E-state index in [4.69, 9.17) is 0 Å². The Balaban J connectivity index is 2.02. The molecule has 3 unspecified atom stereocenters. The molecule has 3 nitrogen and oxygen atoms in total. The van der Waals surface area contributed by atoms with Crippen LogP contribution in [0.1, 0.15) is 53.4 Å². The molecule has 1 fully saturated rings. The maximum atomic E-state index is 4.22. The van der Waals surface area contributed by atoms with Gasteiger partial charge in [-0.3, -0.25) is 0 Å². The van der Waals surface area contributed by atoms with Crippen molar-refractivity contribution in [2.75, 3.05) is 6.54 Å². The maximum absolute atomic E-state index is 4.22. The van der Waals surface area contributed by atoms with Gasteiger partial charge in [0.1, 0.15) is 5.51 Å². The van der Waals surface area contributed by atoms with Gasteiger partial charge in [0.05, 0.1) is 0 Å². The lowest BCUT2D eigenvalue weighted by Gasteiger charge is -2.41. The maximum Gasteiger partial charge on any atom is 0.174 e. The summed E-state index contributed by atoms with van der Waals surface area (Å²) in [7, 11) is 0. The van der Waals surface area contributed by atoms with Gasteiger partial charge in [-0.15, -0.1) is 10.2 Å². The molecule has 2 rings (SSSR count). The lowest BCUT2D eigenvalue weighted by atomic mass is 9.71. The van der Waals surface area contributed by atoms with Crippen molar-refractivity contribution in [2.24, 2.45) is 11.3 Å². The predicted molar refractivity (Wildman–Crippen MR) is 88.4 cm³/mol. The number of nitrogens with zero attached hydrogens (tertiary/aromatic N) is 2. The van der Waals surface area contributed by atoms with Crippen molar-refractivity contribution >= 4 is 23.1 Å². The third kappa shape index (κ3) is 4.43. The minimum atomic E-state index is 0.412. The molecule has 0 spiro atoms. The molecule has 0 bridgehead atoms. The summed E-state index contributed by atoms with van der Waals surface area (Å²) in [5.74, 6) is 0.813. The Kier molecular flexibility index (Phi) is 5.87. The topological polar surface area (TPSA) is 37.8 Å². The van der Waals surface area contributed by atoms with Crippen LogP contribution in [0.5, 0.6) is 0 Å². The highest BCUT2D eigenvalue weighted by atomic mass is 32.2. The molecule has 0 saturated heterocycles. The third-order valence-electron chi connectivity index (χ3n) is 4.27. The van der Waals surface area contributed by atoms with Crippen LogP contribution in [0.4, 0.5) is 0 Å². The zero-order valence-electron chi connectivity index (χ0n) is 13.1. The van der Waals surface area contributed by atoms with Gasteiger partial charge in [0.2, 0.25) is 0 Å². The van der Waals surface area contributed by atoms with Crippen LogP contribution in [0.25, 0.3) is 0 Å². The van der Waals surface area contributed by atoms with Gasteiger partial charge in [-0.25, -0.2) is 0 Å². The molecule has 1 N–H and O–H groups in total. The van der Waals surface area contributed by atoms with E-state index in [1.807, 2.05) is 17.3 Å². The van der Waals surface area contributed by atoms with Crippen molar-refractivity contribution in [3.05, 3.63) is 5.51 Å². The summed E-state index contributed by atoms with van der Waals surface area (Å²) in [4.78, 5) is 0. The van der Waals surface area contributed by atoms with Crippen LogP contribution in [0.2, 0.25) is 0 Å². The molecule has 1 heterocycles. The van der Waals surface area contributed by atoms with Crippen LogP contribution in [0.15, 0.2) is 9.85 Å². The van der Waals surface area contributed by atoms with E-state index >= 15 is 0 Å². The number of nitrogens with one attached hydrogen (secondary N) is 1. The molecule has 5 heteroatoms. The first-order valence-corrected chi connectivity index (χ1v) is 9.43. The molecule has 3 atom stereocenters. The zero-order chi connectivity index (χ0) is 14.6. The molecule has 0 aromatic carbocycles. The smallest absolute Gasteiger partial charge is 0.174 e. The number of hydrogen-bond donors (Lipinski definition) is 1. The van der Waals surface area contributed by atoms with E-state index in [2.05, 4.69) is 43.2 Å². The van der Waals surface area contributed by atoms with Gasteiger partial charge in [0, 0.05) is 11.3 Å². The first-order chi connectivity index (χ1) is 9.50. The molecule has 1 aromatic heterocycles. The lowest BCUT2D eigenvalue weighted by Crippen LogP contribution is -2.45. The Hall–Kier alpha value is -0.130. The highest BCUT2D eigenvalue weighted by Gasteiger charge is 2.36. The number of rotatable bonds is 5. The van der Waals surface area contributed by atoms with Crippen LogP contribution in [-0.4, -0.2) is 28.0 Å². The van der Waals surface area contributed by atoms with E-state index in [9.17, 15) is 0 Å². The molecule has 1 aliphatic rings. The second kappa shape index (κ2) is 7.23. The van der Waals surface area contributed by atoms with Crippen molar-refractivity contribution in [3.8, 4) is 0 Å². The van der Waals surface area contributed by atoms with Crippen LogP contribution in [0, 0.1) is 11.3 Å². The molecular formula is C15H27N3S2. The zero-order valence-corrected chi connectivity index (χ0v) is 14.7. The van der Waals surface area contributed by atoms with E-state index in [1.54, 1.807) is 11.3 Å². The number of aromatic nitrogens is 2. The predicted octanol–water partition coefficient (Wildman–Crippen LogP) is 4.21. The van der Waals surface area contributed by atoms with Gasteiger partial charge >= 0.3 is 0 Å². The molecule has 0 radical (unpaired) electrons. The van der Waals surface area contributed by atoms with Gasteiger partial charge in [0.25, 0.3) is 0 Å². The van der Waals surface area contributed by atoms with E-state index in [0.29, 0.717) is 16.7 Å². The van der Waals surface area contributed by atoms with Crippen LogP contribution in [0.3, 0.4) is 0 Å². The molecule has 0 aliphatic heterocycles. The van der Waals surface area contributed by atoms with Gasteiger partial charge in [-0.1, -0.05) is 50.8 Å². The fourth-order valence-electron chi connectivity index (χ4n) is 2.95. The van der Waals surface area contributed by atoms with Gasteiger partial charge in [-0.05, 0) is 43.6 Å². The second-order valence-electron chi connectivity index (χ2n) is 6.80. The Morgan fingerprint density at radius 2 is 2.20 bits per heavy atom. The largest absolute Gasteiger partial charge is 0.313 e. The first-order valence-electron chi connectivity index (χ1n) is 7.67. The van der Waals surface area contributed by atoms with Crippen molar-refractivity contribution in [2.45, 2.75) is 69.0 Å². The van der Waals surface area contributed by atoms with E-state index in [-0.39, 0.29) is 0 Å². The summed E-state index contributed by atoms with van der Waals surface area (Å²) in [5, 5.41) is 12.6. The molecule has 1 aliphatic carbocycles. The Morgan fingerprint density at radius 1 is 1.40 bits per heavy atom. The third-order valence-corrected chi connectivity index (χ3v) is 6.43. The van der Waals surface area contributed by atoms with Crippen molar-refractivity contribution in [3.63, 3.8) is 0 Å². The van der Waals surface area contributed by atoms with Crippen LogP contribution < -0.4 is 5.32 Å². The highest BCUT2D eigenvalue weighted by molar-refractivity contribution is 8.01. The standard InChI is InChI=1S/C15H27N3S2/c1-5-8-16-12-7-6-11(15(2,3)4)9-13(12)20-14-18-17-10-19-14/h10-13,16H,5-9H2,1-4H3. The minimum Gasteiger partial charge on any atom is -0.313 e. The Morgan fingerprint density at radius 3 is 2.80 bits per heavy atom. The molecule has 0 amide bonds. The molecule has 1 saturated carbocycles. The van der Waals surface area contributed by atoms with Crippen molar-refractivity contribution in [1.82, 2.24) is 15.5 Å². The van der Waals surface area contributed by atoms with Gasteiger partial charge in [-0.2, -0.15) is 0 Å². The number of thioether (sulfide) groups is 1. The van der Waals surface area contributed by atoms with Crippen molar-refractivity contribution < 1.29 is 0 Å². The molecule has 1 aromatic rings. The van der Waals surface area contributed by atoms with Crippen molar-refractivity contribution in [1.29, 1.82) is 0 Å². The highest BCUT2D eigenvalue weighted by Crippen LogP contribution is 2.43. The Labute approximate surface area is 131 Å². The quantitative estimate of drug-likeness (QED) is 0.883. The molecule has 20 heavy (non-hydrogen) atoms. The van der Waals surface area contributed by atoms with Crippen LogP contribution >= 0.6 is 23.1 Å². The minimum absolute atomic E-state index is 0.412. The Bertz CT molecular complexity index is 386. The fraction of sp³-hybridized carbons (Fsp3) is 0.867. The first kappa shape index (κ1) is 16.2. The van der Waals surface area contributed by atoms with Gasteiger partial charge in [0.15, 0.2) is 4.34 Å². The second-order valence-corrected chi connectivity index (χ2v) is 9.12. The molecular weight excluding hydrogens is 286 g/mol.